The van der Waals surface area contributed by atoms with Gasteiger partial charge in [-0.05, 0) is 12.1 Å². The van der Waals surface area contributed by atoms with Crippen LogP contribution in [0.15, 0.2) is 36.7 Å². The first-order chi connectivity index (χ1) is 13.1. The summed E-state index contributed by atoms with van der Waals surface area (Å²) in [7, 11) is 0. The first-order valence-electron chi connectivity index (χ1n) is 8.16. The van der Waals surface area contributed by atoms with Gasteiger partial charge in [0.25, 0.3) is 0 Å². The number of carbonyl (C=O) groups excluding carboxylic acids is 1. The Kier molecular flexibility index (Phi) is 6.53. The third-order valence-electron chi connectivity index (χ3n) is 3.51. The third kappa shape index (κ3) is 5.13. The SMILES string of the molecule is Nc1nc(Cl)c2ncn(COCCOCCOC(=O)c3ccccc3)c2n1. The Morgan fingerprint density at radius 2 is 1.81 bits per heavy atom. The van der Waals surface area contributed by atoms with Crippen LogP contribution in [0.1, 0.15) is 10.4 Å². The fourth-order valence-electron chi connectivity index (χ4n) is 2.25. The highest BCUT2D eigenvalue weighted by Crippen LogP contribution is 2.19. The minimum atomic E-state index is -0.373. The van der Waals surface area contributed by atoms with Gasteiger partial charge < -0.3 is 19.9 Å². The molecule has 0 radical (unpaired) electrons. The molecule has 0 atom stereocenters. The molecule has 10 heteroatoms. The van der Waals surface area contributed by atoms with Gasteiger partial charge in [0.2, 0.25) is 5.95 Å². The van der Waals surface area contributed by atoms with E-state index in [1.165, 1.54) is 0 Å². The zero-order valence-corrected chi connectivity index (χ0v) is 15.1. The standard InChI is InChI=1S/C17H18ClN5O4/c18-14-13-15(22-17(19)21-14)23(10-20-13)11-26-7-6-25-8-9-27-16(24)12-4-2-1-3-5-12/h1-5,10H,6-9,11H2,(H2,19,21,22). The maximum atomic E-state index is 11.7. The van der Waals surface area contributed by atoms with Gasteiger partial charge in [0.15, 0.2) is 10.8 Å². The molecule has 0 bridgehead atoms. The number of anilines is 1. The lowest BCUT2D eigenvalue weighted by atomic mass is 10.2. The number of halogens is 1. The summed E-state index contributed by atoms with van der Waals surface area (Å²) < 4.78 is 17.7. The highest BCUT2D eigenvalue weighted by molar-refractivity contribution is 6.33. The lowest BCUT2D eigenvalue weighted by Gasteiger charge is -2.08. The average Bonchev–Trinajstić information content (AvgIpc) is 3.07. The van der Waals surface area contributed by atoms with Crippen LogP contribution < -0.4 is 5.73 Å². The van der Waals surface area contributed by atoms with Gasteiger partial charge in [-0.15, -0.1) is 0 Å². The largest absolute Gasteiger partial charge is 0.460 e. The van der Waals surface area contributed by atoms with Gasteiger partial charge >= 0.3 is 5.97 Å². The molecule has 2 N–H and O–H groups in total. The molecule has 9 nitrogen and oxygen atoms in total. The molecule has 0 saturated heterocycles. The predicted octanol–water partition coefficient (Wildman–Crippen LogP) is 1.91. The highest BCUT2D eigenvalue weighted by atomic mass is 35.5. The molecule has 0 aliphatic carbocycles. The number of nitrogens with zero attached hydrogens (tertiary/aromatic N) is 4. The van der Waals surface area contributed by atoms with Crippen LogP contribution in [0.2, 0.25) is 5.15 Å². The van der Waals surface area contributed by atoms with E-state index in [9.17, 15) is 4.79 Å². The van der Waals surface area contributed by atoms with Crippen LogP contribution in [0.5, 0.6) is 0 Å². The van der Waals surface area contributed by atoms with Gasteiger partial charge in [-0.2, -0.15) is 9.97 Å². The second-order valence-corrected chi connectivity index (χ2v) is 5.77. The summed E-state index contributed by atoms with van der Waals surface area (Å²) in [4.78, 5) is 23.8. The van der Waals surface area contributed by atoms with E-state index in [1.807, 2.05) is 6.07 Å². The lowest BCUT2D eigenvalue weighted by molar-refractivity contribution is 0.00155. The van der Waals surface area contributed by atoms with Gasteiger partial charge in [0, 0.05) is 0 Å². The van der Waals surface area contributed by atoms with Gasteiger partial charge in [-0.25, -0.2) is 9.78 Å². The van der Waals surface area contributed by atoms with Crippen LogP contribution in [0.4, 0.5) is 5.95 Å². The van der Waals surface area contributed by atoms with E-state index in [4.69, 9.17) is 31.5 Å². The van der Waals surface area contributed by atoms with Crippen molar-refractivity contribution in [1.82, 2.24) is 19.5 Å². The molecule has 0 fully saturated rings. The number of ether oxygens (including phenoxy) is 3. The topological polar surface area (TPSA) is 114 Å². The van der Waals surface area contributed by atoms with Crippen LogP contribution in [0.3, 0.4) is 0 Å². The Morgan fingerprint density at radius 3 is 2.63 bits per heavy atom. The molecule has 1 aromatic carbocycles. The zero-order chi connectivity index (χ0) is 19.1. The molecule has 3 rings (SSSR count). The minimum absolute atomic E-state index is 0.0719. The fourth-order valence-corrected chi connectivity index (χ4v) is 2.47. The van der Waals surface area contributed by atoms with E-state index in [0.717, 1.165) is 0 Å². The van der Waals surface area contributed by atoms with Crippen LogP contribution in [-0.2, 0) is 20.9 Å². The highest BCUT2D eigenvalue weighted by Gasteiger charge is 2.10. The van der Waals surface area contributed by atoms with E-state index in [1.54, 1.807) is 35.2 Å². The van der Waals surface area contributed by atoms with Crippen LogP contribution >= 0.6 is 11.6 Å². The number of imidazole rings is 1. The van der Waals surface area contributed by atoms with Gasteiger partial charge in [-0.3, -0.25) is 4.57 Å². The molecule has 0 spiro atoms. The van der Waals surface area contributed by atoms with Crippen LogP contribution in [-0.4, -0.2) is 51.9 Å². The number of nitrogen functional groups attached to an aromatic ring is 1. The van der Waals surface area contributed by atoms with Crippen molar-refractivity contribution in [2.45, 2.75) is 6.73 Å². The number of nitrogens with two attached hydrogens (primary N) is 1. The molecule has 0 aliphatic heterocycles. The molecule has 2 aromatic heterocycles. The molecule has 27 heavy (non-hydrogen) atoms. The van der Waals surface area contributed by atoms with Crippen molar-refractivity contribution < 1.29 is 19.0 Å². The number of benzene rings is 1. The Balaban J connectivity index is 1.32. The molecule has 0 unspecified atom stereocenters. The van der Waals surface area contributed by atoms with Crippen molar-refractivity contribution >= 4 is 34.7 Å². The first-order valence-corrected chi connectivity index (χ1v) is 8.54. The number of esters is 1. The molecule has 0 aliphatic rings. The molecular formula is C17H18ClN5O4. The predicted molar refractivity (Wildman–Crippen MR) is 98.2 cm³/mol. The molecule has 142 valence electrons. The van der Waals surface area contributed by atoms with Gasteiger partial charge in [-0.1, -0.05) is 29.8 Å². The second kappa shape index (κ2) is 9.26. The van der Waals surface area contributed by atoms with E-state index < -0.39 is 0 Å². The summed E-state index contributed by atoms with van der Waals surface area (Å²) >= 11 is 5.97. The van der Waals surface area contributed by atoms with Crippen LogP contribution in [0.25, 0.3) is 11.2 Å². The molecule has 0 amide bonds. The Labute approximate surface area is 160 Å². The third-order valence-corrected chi connectivity index (χ3v) is 3.77. The Morgan fingerprint density at radius 1 is 1.07 bits per heavy atom. The fraction of sp³-hybridized carbons (Fsp3) is 0.294. The normalized spacial score (nSPS) is 11.0. The number of hydrogen-bond donors (Lipinski definition) is 1. The smallest absolute Gasteiger partial charge is 0.338 e. The Bertz CT molecular complexity index is 903. The summed E-state index contributed by atoms with van der Waals surface area (Å²) in [6, 6.07) is 8.79. The van der Waals surface area contributed by atoms with E-state index in [0.29, 0.717) is 29.9 Å². The lowest BCUT2D eigenvalue weighted by Crippen LogP contribution is -2.13. The maximum absolute atomic E-state index is 11.7. The van der Waals surface area contributed by atoms with E-state index in [2.05, 4.69) is 15.0 Å². The number of fused-ring (bicyclic) bond motifs is 1. The van der Waals surface area contributed by atoms with Crippen LogP contribution in [0, 0.1) is 0 Å². The number of aromatic nitrogens is 4. The summed E-state index contributed by atoms with van der Waals surface area (Å²) in [6.45, 7) is 1.38. The van der Waals surface area contributed by atoms with E-state index >= 15 is 0 Å². The zero-order valence-electron chi connectivity index (χ0n) is 14.4. The monoisotopic (exact) mass is 391 g/mol. The second-order valence-electron chi connectivity index (χ2n) is 5.41. The van der Waals surface area contributed by atoms with Gasteiger partial charge in [0.05, 0.1) is 31.7 Å². The molecule has 0 saturated carbocycles. The van der Waals surface area contributed by atoms with E-state index in [-0.39, 0.29) is 37.0 Å². The van der Waals surface area contributed by atoms with Crippen molar-refractivity contribution in [1.29, 1.82) is 0 Å². The summed E-state index contributed by atoms with van der Waals surface area (Å²) in [5.41, 5.74) is 7.07. The minimum Gasteiger partial charge on any atom is -0.460 e. The molecule has 2 heterocycles. The number of rotatable bonds is 9. The quantitative estimate of drug-likeness (QED) is 0.334. The van der Waals surface area contributed by atoms with Gasteiger partial charge in [0.1, 0.15) is 18.9 Å². The summed E-state index contributed by atoms with van der Waals surface area (Å²) in [5.74, 6) is -0.301. The van der Waals surface area contributed by atoms with Crippen molar-refractivity contribution in [3.63, 3.8) is 0 Å². The number of hydrogen-bond acceptors (Lipinski definition) is 8. The number of carbonyl (C=O) groups is 1. The summed E-state index contributed by atoms with van der Waals surface area (Å²) in [5, 5.41) is 0.199. The Hall–Kier alpha value is -2.75. The van der Waals surface area contributed by atoms with Crippen molar-refractivity contribution in [3.05, 3.63) is 47.4 Å². The molecular weight excluding hydrogens is 374 g/mol. The van der Waals surface area contributed by atoms with Crippen molar-refractivity contribution in [2.75, 3.05) is 32.2 Å². The first kappa shape index (κ1) is 19.0. The average molecular weight is 392 g/mol. The molecule has 3 aromatic rings. The van der Waals surface area contributed by atoms with Crippen molar-refractivity contribution in [3.8, 4) is 0 Å². The summed E-state index contributed by atoms with van der Waals surface area (Å²) in [6.07, 6.45) is 1.55. The maximum Gasteiger partial charge on any atom is 0.338 e. The van der Waals surface area contributed by atoms with Crippen molar-refractivity contribution in [2.24, 2.45) is 0 Å².